The number of amides is 3. The van der Waals surface area contributed by atoms with Crippen molar-refractivity contribution < 1.29 is 23.9 Å². The van der Waals surface area contributed by atoms with Gasteiger partial charge in [0.25, 0.3) is 17.7 Å². The topological polar surface area (TPSA) is 92.8 Å². The second-order valence-electron chi connectivity index (χ2n) is 4.70. The third-order valence-electron chi connectivity index (χ3n) is 3.17. The van der Waals surface area contributed by atoms with Crippen LogP contribution in [0, 0.1) is 12.3 Å². The maximum Gasteiger partial charge on any atom is 0.308 e. The first kappa shape index (κ1) is 16.2. The number of ether oxygens (including phenoxy) is 1. The van der Waals surface area contributed by atoms with Crippen molar-refractivity contribution in [3.63, 3.8) is 0 Å². The van der Waals surface area contributed by atoms with Crippen LogP contribution in [0.1, 0.15) is 27.1 Å². The molecule has 0 aromatic heterocycles. The van der Waals surface area contributed by atoms with E-state index in [1.54, 1.807) is 24.3 Å². The Morgan fingerprint density at radius 1 is 1.17 bits per heavy atom. The molecule has 3 amide bonds. The van der Waals surface area contributed by atoms with E-state index < -0.39 is 30.3 Å². The van der Waals surface area contributed by atoms with E-state index in [9.17, 15) is 19.2 Å². The summed E-state index contributed by atoms with van der Waals surface area (Å²) in [6.45, 7) is -0.509. The molecule has 1 aromatic carbocycles. The molecule has 0 radical (unpaired) electrons. The van der Waals surface area contributed by atoms with Gasteiger partial charge in [0.15, 0.2) is 6.61 Å². The van der Waals surface area contributed by atoms with Gasteiger partial charge in [0.05, 0.1) is 24.1 Å². The summed E-state index contributed by atoms with van der Waals surface area (Å²) < 4.78 is 4.74. The Kier molecular flexibility index (Phi) is 5.10. The molecule has 0 saturated carbocycles. The standard InChI is InChI=1S/C16H14N2O5/c1-2-8-17-13(19)10-23-14(20)7-9-18-15(21)11-5-3-4-6-12(11)16(18)22/h1,3-6H,7-10H2,(H,17,19). The molecule has 7 nitrogen and oxygen atoms in total. The highest BCUT2D eigenvalue weighted by atomic mass is 16.5. The van der Waals surface area contributed by atoms with Gasteiger partial charge >= 0.3 is 5.97 Å². The summed E-state index contributed by atoms with van der Waals surface area (Å²) in [6.07, 6.45) is 4.78. The molecule has 0 spiro atoms. The predicted octanol–water partition coefficient (Wildman–Crippen LogP) is -0.0347. The van der Waals surface area contributed by atoms with Crippen molar-refractivity contribution in [3.05, 3.63) is 35.4 Å². The molecule has 0 fully saturated rings. The second-order valence-corrected chi connectivity index (χ2v) is 4.70. The molecule has 1 aliphatic rings. The third-order valence-corrected chi connectivity index (χ3v) is 3.17. The number of terminal acetylenes is 1. The Hall–Kier alpha value is -3.14. The van der Waals surface area contributed by atoms with E-state index in [-0.39, 0.29) is 19.5 Å². The second kappa shape index (κ2) is 7.22. The number of nitrogens with zero attached hydrogens (tertiary/aromatic N) is 1. The zero-order chi connectivity index (χ0) is 16.8. The Morgan fingerprint density at radius 2 is 1.78 bits per heavy atom. The molecular weight excluding hydrogens is 300 g/mol. The summed E-state index contributed by atoms with van der Waals surface area (Å²) >= 11 is 0. The van der Waals surface area contributed by atoms with Gasteiger partial charge in [-0.15, -0.1) is 6.42 Å². The number of imide groups is 1. The Labute approximate surface area is 132 Å². The van der Waals surface area contributed by atoms with Gasteiger partial charge in [-0.2, -0.15) is 0 Å². The highest BCUT2D eigenvalue weighted by Crippen LogP contribution is 2.22. The summed E-state index contributed by atoms with van der Waals surface area (Å²) in [5.41, 5.74) is 0.638. The smallest absolute Gasteiger partial charge is 0.308 e. The molecule has 2 rings (SSSR count). The lowest BCUT2D eigenvalue weighted by atomic mass is 10.1. The Balaban J connectivity index is 1.82. The van der Waals surface area contributed by atoms with Gasteiger partial charge in [0, 0.05) is 6.54 Å². The molecule has 0 saturated heterocycles. The highest BCUT2D eigenvalue weighted by molar-refractivity contribution is 6.21. The van der Waals surface area contributed by atoms with Crippen LogP contribution in [-0.4, -0.2) is 48.3 Å². The minimum Gasteiger partial charge on any atom is -0.456 e. The first-order valence-corrected chi connectivity index (χ1v) is 6.85. The molecule has 23 heavy (non-hydrogen) atoms. The molecule has 1 heterocycles. The minimum atomic E-state index is -0.683. The van der Waals surface area contributed by atoms with Gasteiger partial charge in [-0.05, 0) is 12.1 Å². The normalized spacial score (nSPS) is 12.6. The molecule has 0 unspecified atom stereocenters. The van der Waals surface area contributed by atoms with Crippen LogP contribution in [0.4, 0.5) is 0 Å². The van der Waals surface area contributed by atoms with Crippen LogP contribution in [0.2, 0.25) is 0 Å². The van der Waals surface area contributed by atoms with Gasteiger partial charge in [0.2, 0.25) is 0 Å². The van der Waals surface area contributed by atoms with Crippen LogP contribution in [0.3, 0.4) is 0 Å². The van der Waals surface area contributed by atoms with Crippen molar-refractivity contribution in [2.45, 2.75) is 6.42 Å². The number of carbonyl (C=O) groups excluding carboxylic acids is 4. The zero-order valence-corrected chi connectivity index (χ0v) is 12.2. The number of carbonyl (C=O) groups is 4. The quantitative estimate of drug-likeness (QED) is 0.452. The number of fused-ring (bicyclic) bond motifs is 1. The van der Waals surface area contributed by atoms with Crippen molar-refractivity contribution in [1.29, 1.82) is 0 Å². The van der Waals surface area contributed by atoms with E-state index in [1.165, 1.54) is 0 Å². The SMILES string of the molecule is C#CCNC(=O)COC(=O)CCN1C(=O)c2ccccc2C1=O. The minimum absolute atomic E-state index is 0.0470. The summed E-state index contributed by atoms with van der Waals surface area (Å²) in [6, 6.07) is 6.45. The van der Waals surface area contributed by atoms with E-state index in [0.717, 1.165) is 4.90 Å². The van der Waals surface area contributed by atoms with Crippen molar-refractivity contribution in [2.75, 3.05) is 19.7 Å². The number of hydrogen-bond donors (Lipinski definition) is 1. The van der Waals surface area contributed by atoms with E-state index >= 15 is 0 Å². The summed E-state index contributed by atoms with van der Waals surface area (Å²) in [4.78, 5) is 47.9. The van der Waals surface area contributed by atoms with Gasteiger partial charge in [0.1, 0.15) is 0 Å². The lowest BCUT2D eigenvalue weighted by Gasteiger charge is -2.13. The predicted molar refractivity (Wildman–Crippen MR) is 79.2 cm³/mol. The molecule has 1 aromatic rings. The van der Waals surface area contributed by atoms with Crippen LogP contribution in [0.25, 0.3) is 0 Å². The summed E-state index contributed by atoms with van der Waals surface area (Å²) in [5, 5.41) is 2.34. The van der Waals surface area contributed by atoms with Crippen LogP contribution < -0.4 is 5.32 Å². The number of benzene rings is 1. The van der Waals surface area contributed by atoms with E-state index in [0.29, 0.717) is 11.1 Å². The Morgan fingerprint density at radius 3 is 2.35 bits per heavy atom. The lowest BCUT2D eigenvalue weighted by molar-refractivity contribution is -0.148. The summed E-state index contributed by atoms with van der Waals surface area (Å²) in [7, 11) is 0. The van der Waals surface area contributed by atoms with Gasteiger partial charge < -0.3 is 10.1 Å². The van der Waals surface area contributed by atoms with Crippen molar-refractivity contribution >= 4 is 23.7 Å². The molecule has 0 atom stereocenters. The van der Waals surface area contributed by atoms with Crippen molar-refractivity contribution in [2.24, 2.45) is 0 Å². The molecule has 0 bridgehead atoms. The van der Waals surface area contributed by atoms with Crippen LogP contribution in [-0.2, 0) is 14.3 Å². The van der Waals surface area contributed by atoms with Gasteiger partial charge in [-0.1, -0.05) is 18.1 Å². The number of hydrogen-bond acceptors (Lipinski definition) is 5. The number of rotatable bonds is 6. The van der Waals surface area contributed by atoms with Crippen molar-refractivity contribution in [1.82, 2.24) is 10.2 Å². The largest absolute Gasteiger partial charge is 0.456 e. The number of nitrogens with one attached hydrogen (secondary N) is 1. The summed E-state index contributed by atoms with van der Waals surface area (Å²) in [5.74, 6) is 0.134. The molecule has 1 N–H and O–H groups in total. The van der Waals surface area contributed by atoms with Crippen LogP contribution >= 0.6 is 0 Å². The Bertz CT molecular complexity index is 670. The fourth-order valence-corrected chi connectivity index (χ4v) is 2.06. The maximum absolute atomic E-state index is 12.1. The lowest BCUT2D eigenvalue weighted by Crippen LogP contribution is -2.33. The fourth-order valence-electron chi connectivity index (χ4n) is 2.06. The van der Waals surface area contributed by atoms with Crippen LogP contribution in [0.5, 0.6) is 0 Å². The molecule has 0 aliphatic carbocycles. The molecule has 1 aliphatic heterocycles. The maximum atomic E-state index is 12.1. The fraction of sp³-hybridized carbons (Fsp3) is 0.250. The number of esters is 1. The van der Waals surface area contributed by atoms with Crippen molar-refractivity contribution in [3.8, 4) is 12.3 Å². The monoisotopic (exact) mass is 314 g/mol. The van der Waals surface area contributed by atoms with E-state index in [1.807, 2.05) is 0 Å². The van der Waals surface area contributed by atoms with Gasteiger partial charge in [-0.3, -0.25) is 24.1 Å². The van der Waals surface area contributed by atoms with Gasteiger partial charge in [-0.25, -0.2) is 0 Å². The first-order chi connectivity index (χ1) is 11.0. The van der Waals surface area contributed by atoms with Crippen LogP contribution in [0.15, 0.2) is 24.3 Å². The molecule has 7 heteroatoms. The molecule has 118 valence electrons. The average Bonchev–Trinajstić information content (AvgIpc) is 2.80. The van der Waals surface area contributed by atoms with E-state index in [4.69, 9.17) is 11.2 Å². The highest BCUT2D eigenvalue weighted by Gasteiger charge is 2.35. The third kappa shape index (κ3) is 3.74. The molecular formula is C16H14N2O5. The average molecular weight is 314 g/mol. The van der Waals surface area contributed by atoms with E-state index in [2.05, 4.69) is 11.2 Å². The first-order valence-electron chi connectivity index (χ1n) is 6.85. The zero-order valence-electron chi connectivity index (χ0n) is 12.2.